The Morgan fingerprint density at radius 3 is 3.21 bits per heavy atom. The van der Waals surface area contributed by atoms with Gasteiger partial charge in [0.05, 0.1) is 16.7 Å². The van der Waals surface area contributed by atoms with E-state index in [9.17, 15) is 0 Å². The maximum atomic E-state index is 5.83. The third kappa shape index (κ3) is 3.25. The van der Waals surface area contributed by atoms with E-state index >= 15 is 0 Å². The minimum Gasteiger partial charge on any atom is -0.477 e. The lowest BCUT2D eigenvalue weighted by molar-refractivity contribution is 0.272. The van der Waals surface area contributed by atoms with Gasteiger partial charge in [-0.3, -0.25) is 0 Å². The van der Waals surface area contributed by atoms with E-state index in [1.807, 2.05) is 12.1 Å². The fourth-order valence-electron chi connectivity index (χ4n) is 2.68. The lowest BCUT2D eigenvalue weighted by Crippen LogP contribution is -2.29. The summed E-state index contributed by atoms with van der Waals surface area (Å²) in [5, 5.41) is 4.61. The van der Waals surface area contributed by atoms with Gasteiger partial charge in [-0.1, -0.05) is 12.1 Å². The van der Waals surface area contributed by atoms with Gasteiger partial charge in [0.1, 0.15) is 0 Å². The maximum absolute atomic E-state index is 5.83. The summed E-state index contributed by atoms with van der Waals surface area (Å²) in [6, 6.07) is 8.25. The predicted octanol–water partition coefficient (Wildman–Crippen LogP) is 3.45. The van der Waals surface area contributed by atoms with Crippen molar-refractivity contribution in [3.8, 4) is 5.88 Å². The first-order chi connectivity index (χ1) is 9.43. The molecule has 1 aromatic carbocycles. The quantitative estimate of drug-likeness (QED) is 0.849. The van der Waals surface area contributed by atoms with Gasteiger partial charge in [-0.05, 0) is 68.4 Å². The van der Waals surface area contributed by atoms with Crippen LogP contribution in [0.1, 0.15) is 25.7 Å². The minimum atomic E-state index is 0.782. The molecule has 2 aromatic rings. The van der Waals surface area contributed by atoms with Crippen molar-refractivity contribution >= 4 is 21.6 Å². The average molecular weight is 276 g/mol. The summed E-state index contributed by atoms with van der Waals surface area (Å²) in [6.07, 6.45) is 5.07. The van der Waals surface area contributed by atoms with Gasteiger partial charge < -0.3 is 10.1 Å². The summed E-state index contributed by atoms with van der Waals surface area (Å²) in [6.45, 7) is 3.15. The summed E-state index contributed by atoms with van der Waals surface area (Å²) in [4.78, 5) is 0. The van der Waals surface area contributed by atoms with E-state index in [1.165, 1.54) is 48.6 Å². The zero-order chi connectivity index (χ0) is 12.9. The van der Waals surface area contributed by atoms with Crippen molar-refractivity contribution in [2.75, 3.05) is 19.7 Å². The van der Waals surface area contributed by atoms with Crippen LogP contribution in [-0.4, -0.2) is 24.1 Å². The minimum absolute atomic E-state index is 0.782. The standard InChI is InChI=1S/C15H20N2OS/c1-2-8-14-13(7-1)15(17-19-14)18-10-4-6-12-5-3-9-16-11-12/h1-2,7-8,12,16H,3-6,9-11H2/t12-/m0/s1. The predicted molar refractivity (Wildman–Crippen MR) is 79.9 cm³/mol. The first kappa shape index (κ1) is 12.9. The molecule has 3 nitrogen and oxygen atoms in total. The highest BCUT2D eigenvalue weighted by Gasteiger charge is 2.12. The molecule has 0 amide bonds. The number of benzene rings is 1. The summed E-state index contributed by atoms with van der Waals surface area (Å²) in [5.74, 6) is 1.65. The molecule has 0 spiro atoms. The van der Waals surface area contributed by atoms with Crippen LogP contribution in [-0.2, 0) is 0 Å². The molecule has 0 saturated carbocycles. The van der Waals surface area contributed by atoms with Gasteiger partial charge in [-0.15, -0.1) is 0 Å². The maximum Gasteiger partial charge on any atom is 0.233 e. The van der Waals surface area contributed by atoms with Crippen molar-refractivity contribution in [2.45, 2.75) is 25.7 Å². The lowest BCUT2D eigenvalue weighted by atomic mass is 9.95. The molecule has 19 heavy (non-hydrogen) atoms. The molecule has 2 heterocycles. The Bertz CT molecular complexity index is 520. The Morgan fingerprint density at radius 1 is 1.37 bits per heavy atom. The highest BCUT2D eigenvalue weighted by atomic mass is 32.1. The molecule has 4 heteroatoms. The molecule has 0 unspecified atom stereocenters. The van der Waals surface area contributed by atoms with Gasteiger partial charge >= 0.3 is 0 Å². The summed E-state index contributed by atoms with van der Waals surface area (Å²) in [7, 11) is 0. The third-order valence-electron chi connectivity index (χ3n) is 3.74. The summed E-state index contributed by atoms with van der Waals surface area (Å²) in [5.41, 5.74) is 0. The van der Waals surface area contributed by atoms with E-state index < -0.39 is 0 Å². The van der Waals surface area contributed by atoms with E-state index in [1.54, 1.807) is 0 Å². The van der Waals surface area contributed by atoms with Crippen molar-refractivity contribution in [2.24, 2.45) is 5.92 Å². The van der Waals surface area contributed by atoms with Crippen LogP contribution >= 0.6 is 11.5 Å². The molecular formula is C15H20N2OS. The van der Waals surface area contributed by atoms with E-state index in [0.717, 1.165) is 30.2 Å². The monoisotopic (exact) mass is 276 g/mol. The SMILES string of the molecule is c1ccc2c(OCCC[C@@H]3CCCNC3)nsc2c1. The number of fused-ring (bicyclic) bond motifs is 1. The fraction of sp³-hybridized carbons (Fsp3) is 0.533. The van der Waals surface area contributed by atoms with Gasteiger partial charge in [0, 0.05) is 0 Å². The number of rotatable bonds is 5. The Morgan fingerprint density at radius 2 is 2.32 bits per heavy atom. The fourth-order valence-corrected chi connectivity index (χ4v) is 3.40. The molecule has 1 N–H and O–H groups in total. The molecule has 0 radical (unpaired) electrons. The molecule has 0 aliphatic carbocycles. The zero-order valence-electron chi connectivity index (χ0n) is 11.1. The number of nitrogens with zero attached hydrogens (tertiary/aromatic N) is 1. The van der Waals surface area contributed by atoms with Crippen LogP contribution in [0.15, 0.2) is 24.3 Å². The van der Waals surface area contributed by atoms with E-state index in [2.05, 4.69) is 21.8 Å². The van der Waals surface area contributed by atoms with Crippen LogP contribution in [0.25, 0.3) is 10.1 Å². The van der Waals surface area contributed by atoms with E-state index in [4.69, 9.17) is 4.74 Å². The molecule has 1 fully saturated rings. The van der Waals surface area contributed by atoms with Crippen molar-refractivity contribution in [3.05, 3.63) is 24.3 Å². The van der Waals surface area contributed by atoms with Crippen molar-refractivity contribution in [3.63, 3.8) is 0 Å². The van der Waals surface area contributed by atoms with Crippen molar-refractivity contribution in [1.82, 2.24) is 9.69 Å². The largest absolute Gasteiger partial charge is 0.477 e. The van der Waals surface area contributed by atoms with Crippen LogP contribution in [0.2, 0.25) is 0 Å². The number of ether oxygens (including phenoxy) is 1. The molecule has 0 bridgehead atoms. The highest BCUT2D eigenvalue weighted by Crippen LogP contribution is 2.28. The normalized spacial score (nSPS) is 19.7. The smallest absolute Gasteiger partial charge is 0.233 e. The topological polar surface area (TPSA) is 34.1 Å². The van der Waals surface area contributed by atoms with Crippen molar-refractivity contribution in [1.29, 1.82) is 0 Å². The Kier molecular flexibility index (Phi) is 4.30. The molecule has 1 aromatic heterocycles. The Labute approximate surface area is 118 Å². The van der Waals surface area contributed by atoms with Crippen LogP contribution in [0, 0.1) is 5.92 Å². The Balaban J connectivity index is 1.47. The zero-order valence-corrected chi connectivity index (χ0v) is 11.9. The third-order valence-corrected chi connectivity index (χ3v) is 4.55. The summed E-state index contributed by atoms with van der Waals surface area (Å²) >= 11 is 1.52. The number of piperidine rings is 1. The van der Waals surface area contributed by atoms with Crippen LogP contribution < -0.4 is 10.1 Å². The van der Waals surface area contributed by atoms with Gasteiger partial charge in [0.2, 0.25) is 5.88 Å². The van der Waals surface area contributed by atoms with Gasteiger partial charge in [-0.2, -0.15) is 4.37 Å². The molecule has 1 atom stereocenters. The molecule has 3 rings (SSSR count). The highest BCUT2D eigenvalue weighted by molar-refractivity contribution is 7.13. The summed E-state index contributed by atoms with van der Waals surface area (Å²) < 4.78 is 11.4. The van der Waals surface area contributed by atoms with Gasteiger partial charge in [-0.25, -0.2) is 0 Å². The number of aromatic nitrogens is 1. The van der Waals surface area contributed by atoms with Crippen LogP contribution in [0.4, 0.5) is 0 Å². The van der Waals surface area contributed by atoms with Crippen LogP contribution in [0.5, 0.6) is 5.88 Å². The average Bonchev–Trinajstić information content (AvgIpc) is 2.88. The van der Waals surface area contributed by atoms with Gasteiger partial charge in [0.15, 0.2) is 0 Å². The lowest BCUT2D eigenvalue weighted by Gasteiger charge is -2.22. The molecule has 1 aliphatic heterocycles. The molecule has 1 aliphatic rings. The van der Waals surface area contributed by atoms with Gasteiger partial charge in [0.25, 0.3) is 0 Å². The number of hydrogen-bond donors (Lipinski definition) is 1. The second kappa shape index (κ2) is 6.35. The Hall–Kier alpha value is -1.13. The first-order valence-electron chi connectivity index (χ1n) is 7.11. The first-order valence-corrected chi connectivity index (χ1v) is 7.89. The molecular weight excluding hydrogens is 256 g/mol. The second-order valence-electron chi connectivity index (χ2n) is 5.19. The number of nitrogens with one attached hydrogen (secondary N) is 1. The van der Waals surface area contributed by atoms with E-state index in [0.29, 0.717) is 0 Å². The molecule has 102 valence electrons. The van der Waals surface area contributed by atoms with Crippen LogP contribution in [0.3, 0.4) is 0 Å². The second-order valence-corrected chi connectivity index (χ2v) is 5.99. The number of hydrogen-bond acceptors (Lipinski definition) is 4. The van der Waals surface area contributed by atoms with E-state index in [-0.39, 0.29) is 0 Å². The molecule has 1 saturated heterocycles. The van der Waals surface area contributed by atoms with Crippen molar-refractivity contribution < 1.29 is 4.74 Å².